The molecule has 4 nitrogen and oxygen atoms in total. The van der Waals surface area contributed by atoms with Gasteiger partial charge in [0.05, 0.1) is 16.3 Å². The molecule has 0 bridgehead atoms. The number of nitrogens with two attached hydrogens (primary N) is 1. The number of amidine groups is 1. The fourth-order valence-electron chi connectivity index (χ4n) is 1.60. The van der Waals surface area contributed by atoms with Crippen LogP contribution in [0.4, 0.5) is 5.13 Å². The number of thiazole rings is 1. The van der Waals surface area contributed by atoms with Gasteiger partial charge in [-0.05, 0) is 37.3 Å². The van der Waals surface area contributed by atoms with E-state index in [1.807, 2.05) is 26.1 Å². The maximum atomic E-state index is 5.80. The van der Waals surface area contributed by atoms with Crippen LogP contribution < -0.4 is 5.73 Å². The lowest BCUT2D eigenvalue weighted by Crippen LogP contribution is -2.05. The summed E-state index contributed by atoms with van der Waals surface area (Å²) < 4.78 is 0. The van der Waals surface area contributed by atoms with Gasteiger partial charge in [-0.3, -0.25) is 4.98 Å². The molecule has 0 spiro atoms. The van der Waals surface area contributed by atoms with Gasteiger partial charge in [0.15, 0.2) is 5.17 Å². The van der Waals surface area contributed by atoms with E-state index in [0.29, 0.717) is 10.3 Å². The molecule has 0 atom stereocenters. The van der Waals surface area contributed by atoms with E-state index in [4.69, 9.17) is 5.73 Å². The lowest BCUT2D eigenvalue weighted by molar-refractivity contribution is 1.22. The van der Waals surface area contributed by atoms with Gasteiger partial charge in [0.1, 0.15) is 0 Å². The molecule has 0 aromatic carbocycles. The summed E-state index contributed by atoms with van der Waals surface area (Å²) >= 11 is 3.04. The van der Waals surface area contributed by atoms with Crippen molar-refractivity contribution >= 4 is 33.4 Å². The van der Waals surface area contributed by atoms with Crippen molar-refractivity contribution in [2.24, 2.45) is 10.7 Å². The van der Waals surface area contributed by atoms with Crippen LogP contribution in [-0.4, -0.2) is 20.9 Å². The second-order valence-corrected chi connectivity index (χ2v) is 6.27. The molecule has 0 aliphatic rings. The van der Waals surface area contributed by atoms with Crippen LogP contribution in [0, 0.1) is 13.8 Å². The molecule has 2 aromatic heterocycles. The van der Waals surface area contributed by atoms with Crippen LogP contribution in [0.25, 0.3) is 10.6 Å². The Morgan fingerprint density at radius 3 is 2.95 bits per heavy atom. The van der Waals surface area contributed by atoms with Crippen LogP contribution in [0.3, 0.4) is 0 Å². The van der Waals surface area contributed by atoms with Crippen LogP contribution in [0.15, 0.2) is 23.3 Å². The van der Waals surface area contributed by atoms with Crippen molar-refractivity contribution in [3.8, 4) is 10.6 Å². The fraction of sp³-hybridized carbons (Fsp3) is 0.308. The number of aromatic nitrogens is 2. The van der Waals surface area contributed by atoms with Gasteiger partial charge in [-0.1, -0.05) is 30.0 Å². The first-order valence-corrected chi connectivity index (χ1v) is 7.77. The summed E-state index contributed by atoms with van der Waals surface area (Å²) in [4.78, 5) is 14.2. The van der Waals surface area contributed by atoms with Crippen molar-refractivity contribution in [2.45, 2.75) is 20.8 Å². The number of thioether (sulfide) groups is 1. The lowest BCUT2D eigenvalue weighted by Gasteiger charge is -1.98. The van der Waals surface area contributed by atoms with E-state index < -0.39 is 0 Å². The van der Waals surface area contributed by atoms with Crippen LogP contribution in [0.5, 0.6) is 0 Å². The summed E-state index contributed by atoms with van der Waals surface area (Å²) in [6.07, 6.45) is 1.81. The zero-order valence-electron chi connectivity index (χ0n) is 11.2. The molecule has 0 unspecified atom stereocenters. The molecule has 2 heterocycles. The van der Waals surface area contributed by atoms with E-state index >= 15 is 0 Å². The highest BCUT2D eigenvalue weighted by molar-refractivity contribution is 8.13. The minimum atomic E-state index is 0.556. The number of hydrogen-bond acceptors (Lipinski definition) is 5. The third-order valence-electron chi connectivity index (χ3n) is 2.43. The average molecular weight is 292 g/mol. The van der Waals surface area contributed by atoms with Crippen LogP contribution in [0.2, 0.25) is 0 Å². The second kappa shape index (κ2) is 6.16. The summed E-state index contributed by atoms with van der Waals surface area (Å²) in [5, 5.41) is 1.24. The Hall–Kier alpha value is -1.40. The largest absolute Gasteiger partial charge is 0.378 e. The highest BCUT2D eigenvalue weighted by Gasteiger charge is 2.11. The lowest BCUT2D eigenvalue weighted by atomic mass is 10.2. The van der Waals surface area contributed by atoms with Crippen molar-refractivity contribution in [3.05, 3.63) is 29.6 Å². The Kier molecular flexibility index (Phi) is 4.55. The number of rotatable bonds is 3. The van der Waals surface area contributed by atoms with Gasteiger partial charge >= 0.3 is 0 Å². The Morgan fingerprint density at radius 2 is 2.26 bits per heavy atom. The van der Waals surface area contributed by atoms with Gasteiger partial charge in [0.25, 0.3) is 0 Å². The minimum Gasteiger partial charge on any atom is -0.378 e. The second-order valence-electron chi connectivity index (χ2n) is 4.01. The van der Waals surface area contributed by atoms with Gasteiger partial charge in [-0.2, -0.15) is 4.99 Å². The third kappa shape index (κ3) is 3.54. The number of pyridine rings is 1. The Balaban J connectivity index is 2.34. The number of aryl methyl sites for hydroxylation is 2. The van der Waals surface area contributed by atoms with Crippen molar-refractivity contribution in [3.63, 3.8) is 0 Å². The molecule has 6 heteroatoms. The minimum absolute atomic E-state index is 0.556. The molecule has 0 aliphatic heterocycles. The van der Waals surface area contributed by atoms with Gasteiger partial charge in [-0.25, -0.2) is 4.98 Å². The Labute approximate surface area is 121 Å². The average Bonchev–Trinajstić information content (AvgIpc) is 2.70. The molecule has 0 radical (unpaired) electrons. The SMILES string of the molecule is CCSC(N)=Nc1nc(C)c(-c2cc(C)ccn2)s1. The first-order valence-electron chi connectivity index (χ1n) is 5.97. The first-order chi connectivity index (χ1) is 9.10. The highest BCUT2D eigenvalue weighted by Crippen LogP contribution is 2.33. The normalized spacial score (nSPS) is 11.8. The molecule has 0 fully saturated rings. The summed E-state index contributed by atoms with van der Waals surface area (Å²) in [5.74, 6) is 0.909. The monoisotopic (exact) mass is 292 g/mol. The molecule has 0 amide bonds. The van der Waals surface area contributed by atoms with E-state index in [0.717, 1.165) is 22.0 Å². The molecule has 19 heavy (non-hydrogen) atoms. The molecular formula is C13H16N4S2. The molecule has 2 N–H and O–H groups in total. The smallest absolute Gasteiger partial charge is 0.212 e. The molecular weight excluding hydrogens is 276 g/mol. The van der Waals surface area contributed by atoms with E-state index in [2.05, 4.69) is 28.0 Å². The zero-order chi connectivity index (χ0) is 13.8. The van der Waals surface area contributed by atoms with Crippen LogP contribution in [0.1, 0.15) is 18.2 Å². The van der Waals surface area contributed by atoms with Gasteiger partial charge in [0.2, 0.25) is 5.13 Å². The topological polar surface area (TPSA) is 64.2 Å². The Bertz CT molecular complexity index is 604. The Morgan fingerprint density at radius 1 is 1.47 bits per heavy atom. The highest BCUT2D eigenvalue weighted by atomic mass is 32.2. The fourth-order valence-corrected chi connectivity index (χ4v) is 3.03. The predicted molar refractivity (Wildman–Crippen MR) is 84.2 cm³/mol. The number of aliphatic imine (C=N–C) groups is 1. The number of hydrogen-bond donors (Lipinski definition) is 1. The maximum absolute atomic E-state index is 5.80. The van der Waals surface area contributed by atoms with E-state index in [1.165, 1.54) is 28.7 Å². The maximum Gasteiger partial charge on any atom is 0.212 e. The summed E-state index contributed by atoms with van der Waals surface area (Å²) in [5.41, 5.74) is 8.87. The van der Waals surface area contributed by atoms with Crippen LogP contribution >= 0.6 is 23.1 Å². The van der Waals surface area contributed by atoms with E-state index in [-0.39, 0.29) is 0 Å². The number of nitrogens with zero attached hydrogens (tertiary/aromatic N) is 3. The summed E-state index contributed by atoms with van der Waals surface area (Å²) in [6, 6.07) is 4.03. The zero-order valence-corrected chi connectivity index (χ0v) is 12.8. The van der Waals surface area contributed by atoms with Crippen molar-refractivity contribution in [2.75, 3.05) is 5.75 Å². The standard InChI is InChI=1S/C13H16N4S2/c1-4-18-12(14)17-13-16-9(3)11(19-13)10-7-8(2)5-6-15-10/h5-7H,4H2,1-3H3,(H2,14,16,17). The van der Waals surface area contributed by atoms with E-state index in [1.54, 1.807) is 0 Å². The molecule has 2 rings (SSSR count). The molecule has 0 aliphatic carbocycles. The molecule has 0 saturated carbocycles. The van der Waals surface area contributed by atoms with Crippen molar-refractivity contribution in [1.82, 2.24) is 9.97 Å². The van der Waals surface area contributed by atoms with Crippen LogP contribution in [-0.2, 0) is 0 Å². The van der Waals surface area contributed by atoms with Gasteiger partial charge in [0, 0.05) is 6.20 Å². The van der Waals surface area contributed by atoms with Crippen molar-refractivity contribution < 1.29 is 0 Å². The van der Waals surface area contributed by atoms with Crippen molar-refractivity contribution in [1.29, 1.82) is 0 Å². The first kappa shape index (κ1) is 14.0. The summed E-state index contributed by atoms with van der Waals surface area (Å²) in [6.45, 7) is 6.07. The molecule has 2 aromatic rings. The van der Waals surface area contributed by atoms with Gasteiger partial charge in [-0.15, -0.1) is 0 Å². The summed E-state index contributed by atoms with van der Waals surface area (Å²) in [7, 11) is 0. The third-order valence-corrected chi connectivity index (χ3v) is 4.18. The van der Waals surface area contributed by atoms with Gasteiger partial charge < -0.3 is 5.73 Å². The van der Waals surface area contributed by atoms with E-state index in [9.17, 15) is 0 Å². The quantitative estimate of drug-likeness (QED) is 0.694. The molecule has 100 valence electrons. The predicted octanol–water partition coefficient (Wildman–Crippen LogP) is 3.52. The molecule has 0 saturated heterocycles.